The summed E-state index contributed by atoms with van der Waals surface area (Å²) in [6.45, 7) is 15.3. The molecule has 13 unspecified atom stereocenters. The van der Waals surface area contributed by atoms with E-state index in [2.05, 4.69) is 40.7 Å². The molecule has 0 spiro atoms. The van der Waals surface area contributed by atoms with Gasteiger partial charge in [0, 0.05) is 6.61 Å². The zero-order valence-corrected chi connectivity index (χ0v) is 30.4. The van der Waals surface area contributed by atoms with Crippen LogP contribution in [-0.4, -0.2) is 63.6 Å². The van der Waals surface area contributed by atoms with E-state index in [1.165, 1.54) is 64.2 Å². The van der Waals surface area contributed by atoms with Crippen LogP contribution >= 0.6 is 11.8 Å². The third-order valence-corrected chi connectivity index (χ3v) is 15.0. The number of aliphatic hydroxyl groups excluding tert-OH is 3. The standard InChI is InChI=1S/C39H68O5S/c1-25(2)12-11-13-26(3)31-16-17-32-30-15-14-28-24-29(18-20-38(28,5)33(30)19-21-39(31,32)6)43-22-9-7-8-10-23-45-37-36(42)35(41)34(40)27(4)44-37/h14,25-27,29-37,40-42H,7-13,15-24H2,1-6H3. The molecule has 5 rings (SSSR count). The van der Waals surface area contributed by atoms with Gasteiger partial charge in [-0.15, -0.1) is 11.8 Å². The smallest absolute Gasteiger partial charge is 0.132 e. The van der Waals surface area contributed by atoms with Crippen molar-refractivity contribution in [2.75, 3.05) is 12.4 Å². The van der Waals surface area contributed by atoms with E-state index in [1.807, 2.05) is 0 Å². The van der Waals surface area contributed by atoms with Crippen molar-refractivity contribution in [3.63, 3.8) is 0 Å². The molecule has 0 aromatic carbocycles. The van der Waals surface area contributed by atoms with Gasteiger partial charge in [-0.2, -0.15) is 0 Å². The zero-order valence-electron chi connectivity index (χ0n) is 29.6. The SMILES string of the molecule is CC(C)CCCC(C)C1CCC2C3CC=C4CC(OCCCCCCSC5OC(C)C(O)C(O)C5O)CCC4(C)C3CCC12C. The van der Waals surface area contributed by atoms with Crippen molar-refractivity contribution in [1.29, 1.82) is 0 Å². The molecule has 3 N–H and O–H groups in total. The fourth-order valence-electron chi connectivity index (χ4n) is 11.0. The highest BCUT2D eigenvalue weighted by molar-refractivity contribution is 7.99. The Morgan fingerprint density at radius 2 is 1.67 bits per heavy atom. The van der Waals surface area contributed by atoms with Gasteiger partial charge in [0.2, 0.25) is 0 Å². The molecule has 260 valence electrons. The molecule has 13 atom stereocenters. The summed E-state index contributed by atoms with van der Waals surface area (Å²) in [4.78, 5) is 0. The van der Waals surface area contributed by atoms with Crippen LogP contribution in [0, 0.1) is 46.3 Å². The number of rotatable bonds is 14. The van der Waals surface area contributed by atoms with Crippen LogP contribution in [0.5, 0.6) is 0 Å². The van der Waals surface area contributed by atoms with Gasteiger partial charge in [0.1, 0.15) is 23.7 Å². The zero-order chi connectivity index (χ0) is 32.4. The van der Waals surface area contributed by atoms with Crippen molar-refractivity contribution in [3.8, 4) is 0 Å². The largest absolute Gasteiger partial charge is 0.388 e. The van der Waals surface area contributed by atoms with Crippen LogP contribution in [0.1, 0.15) is 138 Å². The number of thioether (sulfide) groups is 1. The number of ether oxygens (including phenoxy) is 2. The Hall–Kier alpha value is -0.110. The molecular weight excluding hydrogens is 580 g/mol. The molecule has 0 bridgehead atoms. The minimum Gasteiger partial charge on any atom is -0.388 e. The van der Waals surface area contributed by atoms with Gasteiger partial charge in [-0.25, -0.2) is 0 Å². The Morgan fingerprint density at radius 3 is 2.44 bits per heavy atom. The third-order valence-electron chi connectivity index (χ3n) is 13.7. The van der Waals surface area contributed by atoms with Gasteiger partial charge in [-0.05, 0) is 123 Å². The number of aliphatic hydroxyl groups is 3. The van der Waals surface area contributed by atoms with Crippen molar-refractivity contribution >= 4 is 11.8 Å². The maximum Gasteiger partial charge on any atom is 0.132 e. The first-order chi connectivity index (χ1) is 21.5. The lowest BCUT2D eigenvalue weighted by molar-refractivity contribution is -0.192. The average molecular weight is 649 g/mol. The highest BCUT2D eigenvalue weighted by atomic mass is 32.2. The molecule has 5 aliphatic rings. The first-order valence-corrected chi connectivity index (χ1v) is 20.1. The fraction of sp³-hybridized carbons (Fsp3) is 0.949. The molecule has 5 nitrogen and oxygen atoms in total. The number of hydrogen-bond donors (Lipinski definition) is 3. The summed E-state index contributed by atoms with van der Waals surface area (Å²) in [5, 5.41) is 30.1. The summed E-state index contributed by atoms with van der Waals surface area (Å²) < 4.78 is 12.2. The summed E-state index contributed by atoms with van der Waals surface area (Å²) in [5.74, 6) is 6.24. The van der Waals surface area contributed by atoms with Crippen LogP contribution in [0.4, 0.5) is 0 Å². The Balaban J connectivity index is 1.02. The lowest BCUT2D eigenvalue weighted by Gasteiger charge is -2.58. The van der Waals surface area contributed by atoms with E-state index >= 15 is 0 Å². The van der Waals surface area contributed by atoms with Crippen LogP contribution < -0.4 is 0 Å². The molecule has 6 heteroatoms. The van der Waals surface area contributed by atoms with E-state index in [4.69, 9.17) is 9.47 Å². The predicted molar refractivity (Wildman–Crippen MR) is 186 cm³/mol. The quantitative estimate of drug-likeness (QED) is 0.129. The Morgan fingerprint density at radius 1 is 0.889 bits per heavy atom. The molecule has 1 heterocycles. The lowest BCUT2D eigenvalue weighted by Crippen LogP contribution is -2.55. The van der Waals surface area contributed by atoms with Crippen LogP contribution in [0.15, 0.2) is 11.6 Å². The maximum atomic E-state index is 10.2. The Kier molecular flexibility index (Phi) is 12.6. The second-order valence-electron chi connectivity index (χ2n) is 17.0. The molecule has 45 heavy (non-hydrogen) atoms. The predicted octanol–water partition coefficient (Wildman–Crippen LogP) is 8.53. The topological polar surface area (TPSA) is 79.2 Å². The Bertz CT molecular complexity index is 971. The molecule has 4 aliphatic carbocycles. The van der Waals surface area contributed by atoms with Crippen LogP contribution in [-0.2, 0) is 9.47 Å². The van der Waals surface area contributed by atoms with E-state index in [0.717, 1.165) is 80.0 Å². The van der Waals surface area contributed by atoms with Crippen molar-refractivity contribution < 1.29 is 24.8 Å². The molecule has 1 saturated heterocycles. The number of hydrogen-bond acceptors (Lipinski definition) is 6. The first-order valence-electron chi connectivity index (χ1n) is 19.1. The van der Waals surface area contributed by atoms with Crippen molar-refractivity contribution in [2.24, 2.45) is 46.3 Å². The third kappa shape index (κ3) is 7.88. The monoisotopic (exact) mass is 648 g/mol. The molecule has 3 saturated carbocycles. The van der Waals surface area contributed by atoms with Gasteiger partial charge in [0.25, 0.3) is 0 Å². The molecule has 0 aromatic rings. The summed E-state index contributed by atoms with van der Waals surface area (Å²) in [6.07, 6.45) is 18.9. The average Bonchev–Trinajstić information content (AvgIpc) is 3.37. The van der Waals surface area contributed by atoms with Gasteiger partial charge in [0.05, 0.1) is 12.2 Å². The van der Waals surface area contributed by atoms with E-state index in [0.29, 0.717) is 16.9 Å². The van der Waals surface area contributed by atoms with E-state index in [1.54, 1.807) is 24.3 Å². The summed E-state index contributed by atoms with van der Waals surface area (Å²) in [6, 6.07) is 0. The second-order valence-corrected chi connectivity index (χ2v) is 18.2. The molecule has 0 radical (unpaired) electrons. The van der Waals surface area contributed by atoms with Gasteiger partial charge >= 0.3 is 0 Å². The first kappa shape index (κ1) is 36.2. The fourth-order valence-corrected chi connectivity index (χ4v) is 12.2. The van der Waals surface area contributed by atoms with Gasteiger partial charge in [-0.3, -0.25) is 0 Å². The number of allylic oxidation sites excluding steroid dienone is 1. The Labute approximate surface area is 280 Å². The van der Waals surface area contributed by atoms with Crippen molar-refractivity contribution in [1.82, 2.24) is 0 Å². The summed E-state index contributed by atoms with van der Waals surface area (Å²) in [7, 11) is 0. The highest BCUT2D eigenvalue weighted by Crippen LogP contribution is 2.67. The number of unbranched alkanes of at least 4 members (excludes halogenated alkanes) is 3. The van der Waals surface area contributed by atoms with Crippen molar-refractivity contribution in [3.05, 3.63) is 11.6 Å². The van der Waals surface area contributed by atoms with E-state index in [9.17, 15) is 15.3 Å². The molecule has 4 fully saturated rings. The lowest BCUT2D eigenvalue weighted by atomic mass is 9.47. The molecule has 0 amide bonds. The van der Waals surface area contributed by atoms with Crippen LogP contribution in [0.25, 0.3) is 0 Å². The van der Waals surface area contributed by atoms with Gasteiger partial charge in [0.15, 0.2) is 0 Å². The maximum absolute atomic E-state index is 10.2. The van der Waals surface area contributed by atoms with E-state index < -0.39 is 29.9 Å². The van der Waals surface area contributed by atoms with Crippen molar-refractivity contribution in [2.45, 2.75) is 174 Å². The minimum atomic E-state index is -1.14. The van der Waals surface area contributed by atoms with E-state index in [-0.39, 0.29) is 0 Å². The normalized spacial score (nSPS) is 43.8. The molecule has 0 aromatic heterocycles. The van der Waals surface area contributed by atoms with Gasteiger partial charge in [-0.1, -0.05) is 78.4 Å². The summed E-state index contributed by atoms with van der Waals surface area (Å²) >= 11 is 1.55. The highest BCUT2D eigenvalue weighted by Gasteiger charge is 2.59. The van der Waals surface area contributed by atoms with Crippen LogP contribution in [0.2, 0.25) is 0 Å². The van der Waals surface area contributed by atoms with Crippen LogP contribution in [0.3, 0.4) is 0 Å². The second kappa shape index (κ2) is 15.6. The minimum absolute atomic E-state index is 0.390. The summed E-state index contributed by atoms with van der Waals surface area (Å²) in [5.41, 5.74) is 2.22. The molecule has 1 aliphatic heterocycles. The van der Waals surface area contributed by atoms with Gasteiger partial charge < -0.3 is 24.8 Å². The number of fused-ring (bicyclic) bond motifs is 5. The molecular formula is C39H68O5S.